The van der Waals surface area contributed by atoms with Crippen molar-refractivity contribution in [2.75, 3.05) is 13.7 Å². The lowest BCUT2D eigenvalue weighted by Crippen LogP contribution is -2.22. The number of nitrogens with one attached hydrogen (secondary N) is 1. The van der Waals surface area contributed by atoms with Gasteiger partial charge in [0, 0.05) is 4.47 Å². The Balaban J connectivity index is 2.42. The number of rotatable bonds is 5. The van der Waals surface area contributed by atoms with E-state index in [1.165, 1.54) is 11.1 Å². The summed E-state index contributed by atoms with van der Waals surface area (Å²) in [7, 11) is 1.63. The summed E-state index contributed by atoms with van der Waals surface area (Å²) < 4.78 is 6.34. The van der Waals surface area contributed by atoms with E-state index in [0.717, 1.165) is 16.6 Å². The minimum Gasteiger partial charge on any atom is -0.495 e. The summed E-state index contributed by atoms with van der Waals surface area (Å²) in [6, 6.07) is 12.4. The van der Waals surface area contributed by atoms with E-state index in [1.807, 2.05) is 12.1 Å². The van der Waals surface area contributed by atoms with Crippen molar-refractivity contribution in [1.82, 2.24) is 5.32 Å². The summed E-state index contributed by atoms with van der Waals surface area (Å²) >= 11 is 9.80. The SMILES string of the molecule is CCNC(c1ccc(Br)c(C)c1)c1ccc(OC)c(Cl)c1. The van der Waals surface area contributed by atoms with E-state index >= 15 is 0 Å². The molecule has 0 amide bonds. The Bertz CT molecular complexity index is 630. The first-order valence-corrected chi connectivity index (χ1v) is 8.06. The number of hydrogen-bond donors (Lipinski definition) is 1. The fourth-order valence-electron chi connectivity index (χ4n) is 2.34. The van der Waals surface area contributed by atoms with Crippen LogP contribution in [-0.2, 0) is 0 Å². The van der Waals surface area contributed by atoms with Crippen LogP contribution in [0.15, 0.2) is 40.9 Å². The summed E-state index contributed by atoms with van der Waals surface area (Å²) in [4.78, 5) is 0. The van der Waals surface area contributed by atoms with Crippen molar-refractivity contribution in [1.29, 1.82) is 0 Å². The molecule has 1 unspecified atom stereocenters. The number of ether oxygens (including phenoxy) is 1. The second kappa shape index (κ2) is 7.30. The van der Waals surface area contributed by atoms with Gasteiger partial charge in [-0.1, -0.05) is 52.7 Å². The zero-order valence-corrected chi connectivity index (χ0v) is 14.8. The van der Waals surface area contributed by atoms with Crippen molar-refractivity contribution in [3.8, 4) is 5.75 Å². The fourth-order valence-corrected chi connectivity index (χ4v) is 2.85. The molecule has 4 heteroatoms. The lowest BCUT2D eigenvalue weighted by Gasteiger charge is -2.20. The van der Waals surface area contributed by atoms with E-state index in [0.29, 0.717) is 10.8 Å². The molecule has 21 heavy (non-hydrogen) atoms. The standard InChI is InChI=1S/C17H19BrClNO/c1-4-20-17(12-5-7-14(18)11(2)9-12)13-6-8-16(21-3)15(19)10-13/h5-10,17,20H,4H2,1-3H3. The van der Waals surface area contributed by atoms with E-state index in [-0.39, 0.29) is 6.04 Å². The number of halogens is 2. The van der Waals surface area contributed by atoms with Gasteiger partial charge in [-0.3, -0.25) is 0 Å². The van der Waals surface area contributed by atoms with Crippen molar-refractivity contribution >= 4 is 27.5 Å². The molecule has 0 spiro atoms. The van der Waals surface area contributed by atoms with Gasteiger partial charge in [0.15, 0.2) is 0 Å². The summed E-state index contributed by atoms with van der Waals surface area (Å²) in [5, 5.41) is 4.14. The second-order valence-corrected chi connectivity index (χ2v) is 6.15. The fraction of sp³-hybridized carbons (Fsp3) is 0.294. The van der Waals surface area contributed by atoms with Crippen molar-refractivity contribution in [2.45, 2.75) is 19.9 Å². The van der Waals surface area contributed by atoms with Crippen LogP contribution >= 0.6 is 27.5 Å². The minimum atomic E-state index is 0.116. The molecule has 1 N–H and O–H groups in total. The van der Waals surface area contributed by atoms with Gasteiger partial charge in [-0.25, -0.2) is 0 Å². The zero-order chi connectivity index (χ0) is 15.4. The topological polar surface area (TPSA) is 21.3 Å². The molecule has 0 aliphatic carbocycles. The van der Waals surface area contributed by atoms with Gasteiger partial charge in [-0.05, 0) is 48.4 Å². The number of hydrogen-bond acceptors (Lipinski definition) is 2. The number of benzene rings is 2. The van der Waals surface area contributed by atoms with Gasteiger partial charge in [0.25, 0.3) is 0 Å². The molecule has 0 saturated heterocycles. The lowest BCUT2D eigenvalue weighted by atomic mass is 9.97. The van der Waals surface area contributed by atoms with Crippen LogP contribution in [0.3, 0.4) is 0 Å². The van der Waals surface area contributed by atoms with Crippen molar-refractivity contribution < 1.29 is 4.74 Å². The predicted octanol–water partition coefficient (Wildman–Crippen LogP) is 5.12. The van der Waals surface area contributed by atoms with Crippen LogP contribution < -0.4 is 10.1 Å². The summed E-state index contributed by atoms with van der Waals surface area (Å²) in [5.74, 6) is 0.697. The number of methoxy groups -OCH3 is 1. The Kier molecular flexibility index (Phi) is 5.68. The molecule has 2 rings (SSSR count). The lowest BCUT2D eigenvalue weighted by molar-refractivity contribution is 0.414. The summed E-state index contributed by atoms with van der Waals surface area (Å²) in [6.45, 7) is 5.07. The average Bonchev–Trinajstić information content (AvgIpc) is 2.48. The molecule has 0 aliphatic heterocycles. The molecule has 2 aromatic rings. The van der Waals surface area contributed by atoms with Crippen LogP contribution in [0.25, 0.3) is 0 Å². The first kappa shape index (κ1) is 16.3. The highest BCUT2D eigenvalue weighted by Crippen LogP contribution is 2.31. The maximum Gasteiger partial charge on any atom is 0.137 e. The van der Waals surface area contributed by atoms with E-state index < -0.39 is 0 Å². The van der Waals surface area contributed by atoms with Crippen LogP contribution in [0.2, 0.25) is 5.02 Å². The van der Waals surface area contributed by atoms with Crippen molar-refractivity contribution in [3.05, 3.63) is 62.6 Å². The molecule has 0 bridgehead atoms. The molecule has 0 radical (unpaired) electrons. The molecule has 112 valence electrons. The van der Waals surface area contributed by atoms with Crippen LogP contribution in [0, 0.1) is 6.92 Å². The van der Waals surface area contributed by atoms with E-state index in [9.17, 15) is 0 Å². The van der Waals surface area contributed by atoms with Crippen LogP contribution in [0.4, 0.5) is 0 Å². The van der Waals surface area contributed by atoms with Gasteiger partial charge in [0.1, 0.15) is 5.75 Å². The molecule has 2 aromatic carbocycles. The molecule has 0 aromatic heterocycles. The molecule has 0 aliphatic rings. The van der Waals surface area contributed by atoms with Gasteiger partial charge in [0.2, 0.25) is 0 Å². The first-order valence-electron chi connectivity index (χ1n) is 6.89. The first-order chi connectivity index (χ1) is 10.1. The highest BCUT2D eigenvalue weighted by molar-refractivity contribution is 9.10. The maximum absolute atomic E-state index is 6.26. The quantitative estimate of drug-likeness (QED) is 0.791. The molecule has 1 atom stereocenters. The average molecular weight is 369 g/mol. The Morgan fingerprint density at radius 1 is 1.19 bits per heavy atom. The molecular weight excluding hydrogens is 350 g/mol. The van der Waals surface area contributed by atoms with Gasteiger partial charge in [-0.15, -0.1) is 0 Å². The smallest absolute Gasteiger partial charge is 0.137 e. The maximum atomic E-state index is 6.26. The Labute approximate surface area is 139 Å². The predicted molar refractivity (Wildman–Crippen MR) is 92.4 cm³/mol. The van der Waals surface area contributed by atoms with E-state index in [2.05, 4.69) is 59.4 Å². The normalized spacial score (nSPS) is 12.2. The molecule has 0 heterocycles. The summed E-state index contributed by atoms with van der Waals surface area (Å²) in [5.41, 5.74) is 3.57. The second-order valence-electron chi connectivity index (χ2n) is 4.89. The highest BCUT2D eigenvalue weighted by Gasteiger charge is 2.15. The van der Waals surface area contributed by atoms with Crippen LogP contribution in [0.5, 0.6) is 5.75 Å². The number of aryl methyl sites for hydroxylation is 1. The van der Waals surface area contributed by atoms with Crippen LogP contribution in [-0.4, -0.2) is 13.7 Å². The molecule has 0 saturated carbocycles. The highest BCUT2D eigenvalue weighted by atomic mass is 79.9. The Morgan fingerprint density at radius 3 is 2.43 bits per heavy atom. The van der Waals surface area contributed by atoms with Gasteiger partial charge < -0.3 is 10.1 Å². The van der Waals surface area contributed by atoms with Gasteiger partial charge in [-0.2, -0.15) is 0 Å². The van der Waals surface area contributed by atoms with Crippen LogP contribution in [0.1, 0.15) is 29.7 Å². The summed E-state index contributed by atoms with van der Waals surface area (Å²) in [6.07, 6.45) is 0. The zero-order valence-electron chi connectivity index (χ0n) is 12.4. The van der Waals surface area contributed by atoms with E-state index in [1.54, 1.807) is 7.11 Å². The van der Waals surface area contributed by atoms with Gasteiger partial charge >= 0.3 is 0 Å². The Morgan fingerprint density at radius 2 is 1.86 bits per heavy atom. The molecule has 0 fully saturated rings. The monoisotopic (exact) mass is 367 g/mol. The van der Waals surface area contributed by atoms with Crippen molar-refractivity contribution in [3.63, 3.8) is 0 Å². The molecule has 2 nitrogen and oxygen atoms in total. The van der Waals surface area contributed by atoms with E-state index in [4.69, 9.17) is 16.3 Å². The van der Waals surface area contributed by atoms with Crippen molar-refractivity contribution in [2.24, 2.45) is 0 Å². The Hall–Kier alpha value is -1.03. The molecular formula is C17H19BrClNO. The minimum absolute atomic E-state index is 0.116. The third-order valence-electron chi connectivity index (χ3n) is 3.43. The largest absolute Gasteiger partial charge is 0.495 e. The van der Waals surface area contributed by atoms with Gasteiger partial charge in [0.05, 0.1) is 18.2 Å². The third kappa shape index (κ3) is 3.79. The third-order valence-corrected chi connectivity index (χ3v) is 4.62.